The number of carbonyl (C=O) groups excluding carboxylic acids is 1. The van der Waals surface area contributed by atoms with Gasteiger partial charge in [0.1, 0.15) is 11.6 Å². The molecular weight excluding hydrogens is 349 g/mol. The van der Waals surface area contributed by atoms with E-state index in [1.165, 1.54) is 12.3 Å². The quantitative estimate of drug-likeness (QED) is 0.722. The first kappa shape index (κ1) is 16.8. The van der Waals surface area contributed by atoms with E-state index in [1.54, 1.807) is 30.3 Å². The summed E-state index contributed by atoms with van der Waals surface area (Å²) in [5.41, 5.74) is 1.62. The summed E-state index contributed by atoms with van der Waals surface area (Å²) >= 11 is 0. The standard InChI is InChI=1S/C20H16FN3O3/c21-16-4-2-1-3-13(16)10-23-20(25)14-5-8-19(22-11-14)24-15-6-7-17-18(9-15)27-12-26-17/h1-9,11H,10,12H2,(H,22,24)(H,23,25). The normalized spacial score (nSPS) is 11.9. The van der Waals surface area contributed by atoms with Crippen molar-refractivity contribution in [2.75, 3.05) is 12.1 Å². The van der Waals surface area contributed by atoms with Gasteiger partial charge in [-0.3, -0.25) is 4.79 Å². The first-order valence-corrected chi connectivity index (χ1v) is 8.33. The number of hydrogen-bond acceptors (Lipinski definition) is 5. The molecule has 1 aliphatic heterocycles. The van der Waals surface area contributed by atoms with Crippen LogP contribution in [0.25, 0.3) is 0 Å². The zero-order valence-corrected chi connectivity index (χ0v) is 14.2. The molecule has 0 spiro atoms. The van der Waals surface area contributed by atoms with E-state index in [-0.39, 0.29) is 25.1 Å². The molecule has 3 aromatic rings. The third-order valence-electron chi connectivity index (χ3n) is 4.07. The molecule has 2 N–H and O–H groups in total. The second-order valence-electron chi connectivity index (χ2n) is 5.90. The summed E-state index contributed by atoms with van der Waals surface area (Å²) in [6.07, 6.45) is 1.46. The van der Waals surface area contributed by atoms with E-state index in [0.717, 1.165) is 5.69 Å². The lowest BCUT2D eigenvalue weighted by Gasteiger charge is -2.08. The second kappa shape index (κ2) is 7.33. The minimum Gasteiger partial charge on any atom is -0.454 e. The molecule has 6 nitrogen and oxygen atoms in total. The van der Waals surface area contributed by atoms with Crippen LogP contribution in [0.1, 0.15) is 15.9 Å². The lowest BCUT2D eigenvalue weighted by Crippen LogP contribution is -2.23. The summed E-state index contributed by atoms with van der Waals surface area (Å²) in [6.45, 7) is 0.330. The van der Waals surface area contributed by atoms with Gasteiger partial charge in [0.05, 0.1) is 5.56 Å². The van der Waals surface area contributed by atoms with Crippen molar-refractivity contribution in [2.24, 2.45) is 0 Å². The Morgan fingerprint density at radius 3 is 2.74 bits per heavy atom. The molecule has 2 heterocycles. The predicted octanol–water partition coefficient (Wildman–Crippen LogP) is 3.62. The molecule has 1 amide bonds. The van der Waals surface area contributed by atoms with Crippen LogP contribution in [0.15, 0.2) is 60.8 Å². The number of pyridine rings is 1. The number of nitrogens with zero attached hydrogens (tertiary/aromatic N) is 1. The van der Waals surface area contributed by atoms with Crippen molar-refractivity contribution in [2.45, 2.75) is 6.54 Å². The maximum Gasteiger partial charge on any atom is 0.253 e. The number of fused-ring (bicyclic) bond motifs is 1. The molecule has 0 radical (unpaired) electrons. The Kier molecular flexibility index (Phi) is 4.57. The van der Waals surface area contributed by atoms with Crippen LogP contribution in [-0.2, 0) is 6.54 Å². The van der Waals surface area contributed by atoms with Crippen molar-refractivity contribution in [3.63, 3.8) is 0 Å². The number of carbonyl (C=O) groups is 1. The highest BCUT2D eigenvalue weighted by molar-refractivity contribution is 5.94. The van der Waals surface area contributed by atoms with Crippen molar-refractivity contribution in [3.8, 4) is 11.5 Å². The van der Waals surface area contributed by atoms with Crippen molar-refractivity contribution in [1.29, 1.82) is 0 Å². The molecule has 1 aromatic heterocycles. The van der Waals surface area contributed by atoms with Gasteiger partial charge in [0.25, 0.3) is 5.91 Å². The van der Waals surface area contributed by atoms with Crippen LogP contribution in [0.5, 0.6) is 11.5 Å². The fraction of sp³-hybridized carbons (Fsp3) is 0.100. The molecule has 0 saturated carbocycles. The summed E-state index contributed by atoms with van der Waals surface area (Å²) < 4.78 is 24.2. The molecule has 0 bridgehead atoms. The molecule has 0 unspecified atom stereocenters. The van der Waals surface area contributed by atoms with Gasteiger partial charge in [0.2, 0.25) is 6.79 Å². The first-order chi connectivity index (χ1) is 13.2. The number of hydrogen-bond donors (Lipinski definition) is 2. The molecule has 0 aliphatic carbocycles. The fourth-order valence-corrected chi connectivity index (χ4v) is 2.64. The minimum absolute atomic E-state index is 0.114. The van der Waals surface area contributed by atoms with Gasteiger partial charge in [-0.05, 0) is 30.3 Å². The number of amides is 1. The fourth-order valence-electron chi connectivity index (χ4n) is 2.64. The smallest absolute Gasteiger partial charge is 0.253 e. The van der Waals surface area contributed by atoms with Gasteiger partial charge in [0.15, 0.2) is 11.5 Å². The van der Waals surface area contributed by atoms with Gasteiger partial charge < -0.3 is 20.1 Å². The summed E-state index contributed by atoms with van der Waals surface area (Å²) in [5, 5.41) is 5.82. The molecule has 0 atom stereocenters. The Bertz CT molecular complexity index is 976. The maximum atomic E-state index is 13.6. The SMILES string of the molecule is O=C(NCc1ccccc1F)c1ccc(Nc2ccc3c(c2)OCO3)nc1. The number of rotatable bonds is 5. The van der Waals surface area contributed by atoms with Crippen LogP contribution in [0.3, 0.4) is 0 Å². The van der Waals surface area contributed by atoms with E-state index >= 15 is 0 Å². The molecular formula is C20H16FN3O3. The Labute approximate surface area is 155 Å². The van der Waals surface area contributed by atoms with Crippen molar-refractivity contribution in [3.05, 3.63) is 77.7 Å². The van der Waals surface area contributed by atoms with Crippen molar-refractivity contribution < 1.29 is 18.7 Å². The monoisotopic (exact) mass is 365 g/mol. The Balaban J connectivity index is 1.38. The van der Waals surface area contributed by atoms with Crippen LogP contribution < -0.4 is 20.1 Å². The third-order valence-corrected chi connectivity index (χ3v) is 4.07. The van der Waals surface area contributed by atoms with Gasteiger partial charge in [0, 0.05) is 30.1 Å². The lowest BCUT2D eigenvalue weighted by molar-refractivity contribution is 0.0950. The van der Waals surface area contributed by atoms with Gasteiger partial charge in [-0.25, -0.2) is 9.37 Å². The summed E-state index contributed by atoms with van der Waals surface area (Å²) in [7, 11) is 0. The van der Waals surface area contributed by atoms with Crippen LogP contribution in [0, 0.1) is 5.82 Å². The second-order valence-corrected chi connectivity index (χ2v) is 5.90. The minimum atomic E-state index is -0.348. The predicted molar refractivity (Wildman–Crippen MR) is 97.7 cm³/mol. The average molecular weight is 365 g/mol. The Morgan fingerprint density at radius 2 is 1.93 bits per heavy atom. The number of anilines is 2. The number of halogens is 1. The Morgan fingerprint density at radius 1 is 1.07 bits per heavy atom. The molecule has 7 heteroatoms. The van der Waals surface area contributed by atoms with E-state index in [2.05, 4.69) is 15.6 Å². The van der Waals surface area contributed by atoms with Gasteiger partial charge in [-0.2, -0.15) is 0 Å². The number of ether oxygens (including phenoxy) is 2. The molecule has 136 valence electrons. The molecule has 2 aromatic carbocycles. The zero-order chi connectivity index (χ0) is 18.6. The van der Waals surface area contributed by atoms with E-state index in [4.69, 9.17) is 9.47 Å². The van der Waals surface area contributed by atoms with Gasteiger partial charge in [-0.15, -0.1) is 0 Å². The highest BCUT2D eigenvalue weighted by Gasteiger charge is 2.13. The van der Waals surface area contributed by atoms with Gasteiger partial charge in [-0.1, -0.05) is 18.2 Å². The first-order valence-electron chi connectivity index (χ1n) is 8.33. The topological polar surface area (TPSA) is 72.5 Å². The van der Waals surface area contributed by atoms with Crippen molar-refractivity contribution >= 4 is 17.4 Å². The summed E-state index contributed by atoms with van der Waals surface area (Å²) in [6, 6.07) is 15.2. The van der Waals surface area contributed by atoms with E-state index < -0.39 is 0 Å². The zero-order valence-electron chi connectivity index (χ0n) is 14.2. The van der Waals surface area contributed by atoms with Crippen LogP contribution in [-0.4, -0.2) is 17.7 Å². The summed E-state index contributed by atoms with van der Waals surface area (Å²) in [5.74, 6) is 1.29. The van der Waals surface area contributed by atoms with Crippen molar-refractivity contribution in [1.82, 2.24) is 10.3 Å². The highest BCUT2D eigenvalue weighted by Crippen LogP contribution is 2.34. The van der Waals surface area contributed by atoms with E-state index in [1.807, 2.05) is 18.2 Å². The molecule has 27 heavy (non-hydrogen) atoms. The average Bonchev–Trinajstić information content (AvgIpc) is 3.15. The highest BCUT2D eigenvalue weighted by atomic mass is 19.1. The number of nitrogens with one attached hydrogen (secondary N) is 2. The summed E-state index contributed by atoms with van der Waals surface area (Å²) in [4.78, 5) is 16.4. The van der Waals surface area contributed by atoms with Crippen LogP contribution in [0.4, 0.5) is 15.9 Å². The van der Waals surface area contributed by atoms with E-state index in [0.29, 0.717) is 28.4 Å². The van der Waals surface area contributed by atoms with Crippen LogP contribution in [0.2, 0.25) is 0 Å². The number of aromatic nitrogens is 1. The largest absolute Gasteiger partial charge is 0.454 e. The third kappa shape index (κ3) is 3.82. The molecule has 4 rings (SSSR count). The molecule has 0 saturated heterocycles. The Hall–Kier alpha value is -3.61. The molecule has 0 fully saturated rings. The maximum absolute atomic E-state index is 13.6. The van der Waals surface area contributed by atoms with Crippen LogP contribution >= 0.6 is 0 Å². The van der Waals surface area contributed by atoms with Gasteiger partial charge >= 0.3 is 0 Å². The van der Waals surface area contributed by atoms with E-state index in [9.17, 15) is 9.18 Å². The number of benzene rings is 2. The lowest BCUT2D eigenvalue weighted by atomic mass is 10.2. The molecule has 1 aliphatic rings.